The van der Waals surface area contributed by atoms with Gasteiger partial charge in [-0.3, -0.25) is 4.79 Å². The van der Waals surface area contributed by atoms with Crippen molar-refractivity contribution in [3.8, 4) is 5.75 Å². The molecule has 1 fully saturated rings. The van der Waals surface area contributed by atoms with Crippen LogP contribution in [0.4, 0.5) is 0 Å². The molecule has 1 amide bonds. The Hall–Kier alpha value is -0.870. The van der Waals surface area contributed by atoms with Gasteiger partial charge in [-0.2, -0.15) is 11.8 Å². The highest BCUT2D eigenvalue weighted by molar-refractivity contribution is 7.99. The Morgan fingerprint density at radius 3 is 2.94 bits per heavy atom. The van der Waals surface area contributed by atoms with Crippen molar-refractivity contribution in [3.05, 3.63) is 28.8 Å². The van der Waals surface area contributed by atoms with E-state index in [1.165, 1.54) is 6.07 Å². The smallest absolute Gasteiger partial charge is 0.255 e. The normalized spacial score (nSPS) is 23.0. The first-order valence-corrected chi connectivity index (χ1v) is 7.60. The molecule has 1 aliphatic rings. The van der Waals surface area contributed by atoms with Crippen LogP contribution in [0.1, 0.15) is 29.6 Å². The fourth-order valence-electron chi connectivity index (χ4n) is 2.32. The van der Waals surface area contributed by atoms with Gasteiger partial charge >= 0.3 is 0 Å². The third-order valence-corrected chi connectivity index (χ3v) is 4.68. The molecule has 2 rings (SSSR count). The van der Waals surface area contributed by atoms with Crippen LogP contribution in [0.5, 0.6) is 5.75 Å². The lowest BCUT2D eigenvalue weighted by molar-refractivity contribution is 0.0936. The number of thioether (sulfide) groups is 1. The number of halogens is 1. The number of phenols is 1. The Labute approximate surface area is 116 Å². The third-order valence-electron chi connectivity index (χ3n) is 3.28. The summed E-state index contributed by atoms with van der Waals surface area (Å²) in [5.41, 5.74) is 0.283. The summed E-state index contributed by atoms with van der Waals surface area (Å²) in [4.78, 5) is 12.1. The van der Waals surface area contributed by atoms with E-state index in [-0.39, 0.29) is 23.3 Å². The molecular weight excluding hydrogens is 270 g/mol. The lowest BCUT2D eigenvalue weighted by Gasteiger charge is -2.19. The molecule has 0 bridgehead atoms. The lowest BCUT2D eigenvalue weighted by atomic mass is 10.1. The van der Waals surface area contributed by atoms with E-state index in [2.05, 4.69) is 11.6 Å². The quantitative estimate of drug-likeness (QED) is 0.897. The molecule has 1 saturated carbocycles. The van der Waals surface area contributed by atoms with Gasteiger partial charge in [-0.1, -0.05) is 18.0 Å². The van der Waals surface area contributed by atoms with Gasteiger partial charge in [-0.05, 0) is 37.3 Å². The monoisotopic (exact) mass is 285 g/mol. The van der Waals surface area contributed by atoms with E-state index in [0.29, 0.717) is 10.3 Å². The summed E-state index contributed by atoms with van der Waals surface area (Å²) in [6.45, 7) is 0. The number of benzene rings is 1. The fourth-order valence-corrected chi connectivity index (χ4v) is 3.42. The summed E-state index contributed by atoms with van der Waals surface area (Å²) in [6, 6.07) is 4.74. The van der Waals surface area contributed by atoms with Crippen molar-refractivity contribution >= 4 is 29.3 Å². The zero-order chi connectivity index (χ0) is 13.1. The Morgan fingerprint density at radius 2 is 2.28 bits per heavy atom. The largest absolute Gasteiger partial charge is 0.507 e. The second kappa shape index (κ2) is 5.85. The molecule has 2 unspecified atom stereocenters. The Bertz CT molecular complexity index is 453. The number of nitrogens with one attached hydrogen (secondary N) is 1. The summed E-state index contributed by atoms with van der Waals surface area (Å²) in [7, 11) is 0. The number of aromatic hydroxyl groups is 1. The van der Waals surface area contributed by atoms with E-state index in [0.717, 1.165) is 19.3 Å². The molecule has 0 heterocycles. The van der Waals surface area contributed by atoms with E-state index >= 15 is 0 Å². The van der Waals surface area contributed by atoms with Gasteiger partial charge < -0.3 is 10.4 Å². The molecule has 0 radical (unpaired) electrons. The molecule has 3 nitrogen and oxygen atoms in total. The van der Waals surface area contributed by atoms with Crippen LogP contribution < -0.4 is 5.32 Å². The van der Waals surface area contributed by atoms with Crippen LogP contribution in [-0.2, 0) is 0 Å². The molecule has 0 spiro atoms. The van der Waals surface area contributed by atoms with Gasteiger partial charge in [0.15, 0.2) is 0 Å². The van der Waals surface area contributed by atoms with Gasteiger partial charge in [0.2, 0.25) is 0 Å². The molecule has 1 aromatic rings. The Balaban J connectivity index is 2.07. The highest BCUT2D eigenvalue weighted by atomic mass is 35.5. The first kappa shape index (κ1) is 13.6. The van der Waals surface area contributed by atoms with Crippen LogP contribution in [0.15, 0.2) is 18.2 Å². The van der Waals surface area contributed by atoms with Gasteiger partial charge in [0, 0.05) is 16.3 Å². The van der Waals surface area contributed by atoms with Crippen molar-refractivity contribution in [3.63, 3.8) is 0 Å². The van der Waals surface area contributed by atoms with Crippen LogP contribution in [0.2, 0.25) is 5.02 Å². The second-order valence-electron chi connectivity index (χ2n) is 4.45. The van der Waals surface area contributed by atoms with Crippen LogP contribution >= 0.6 is 23.4 Å². The van der Waals surface area contributed by atoms with E-state index in [4.69, 9.17) is 11.6 Å². The molecule has 0 aromatic heterocycles. The van der Waals surface area contributed by atoms with Crippen LogP contribution in [0, 0.1) is 0 Å². The zero-order valence-electron chi connectivity index (χ0n) is 10.1. The molecule has 0 aliphatic heterocycles. The topological polar surface area (TPSA) is 49.3 Å². The van der Waals surface area contributed by atoms with Crippen molar-refractivity contribution < 1.29 is 9.90 Å². The number of carbonyl (C=O) groups is 1. The Morgan fingerprint density at radius 1 is 1.50 bits per heavy atom. The standard InChI is InChI=1S/C13H16ClNO2S/c1-18-12-4-2-3-10(12)15-13(17)9-6-5-8(14)7-11(9)16/h5-7,10,12,16H,2-4H2,1H3,(H,15,17). The van der Waals surface area contributed by atoms with Gasteiger partial charge in [0.25, 0.3) is 5.91 Å². The molecule has 5 heteroatoms. The van der Waals surface area contributed by atoms with Crippen molar-refractivity contribution in [1.29, 1.82) is 0 Å². The summed E-state index contributed by atoms with van der Waals surface area (Å²) >= 11 is 7.53. The molecule has 98 valence electrons. The van der Waals surface area contributed by atoms with E-state index in [9.17, 15) is 9.90 Å². The average molecular weight is 286 g/mol. The molecule has 2 atom stereocenters. The SMILES string of the molecule is CSC1CCCC1NC(=O)c1ccc(Cl)cc1O. The first-order valence-electron chi connectivity index (χ1n) is 5.94. The highest BCUT2D eigenvalue weighted by Crippen LogP contribution is 2.29. The van der Waals surface area contributed by atoms with Crippen molar-refractivity contribution in [2.24, 2.45) is 0 Å². The molecule has 2 N–H and O–H groups in total. The second-order valence-corrected chi connectivity index (χ2v) is 5.96. The average Bonchev–Trinajstić information content (AvgIpc) is 2.76. The summed E-state index contributed by atoms with van der Waals surface area (Å²) in [5.74, 6) is -0.297. The zero-order valence-corrected chi connectivity index (χ0v) is 11.7. The molecule has 18 heavy (non-hydrogen) atoms. The lowest BCUT2D eigenvalue weighted by Crippen LogP contribution is -2.38. The maximum Gasteiger partial charge on any atom is 0.255 e. The number of hydrogen-bond acceptors (Lipinski definition) is 3. The van der Waals surface area contributed by atoms with E-state index < -0.39 is 0 Å². The number of phenolic OH excluding ortho intramolecular Hbond substituents is 1. The minimum atomic E-state index is -0.227. The molecule has 1 aromatic carbocycles. The maximum atomic E-state index is 12.1. The predicted molar refractivity (Wildman–Crippen MR) is 75.5 cm³/mol. The fraction of sp³-hybridized carbons (Fsp3) is 0.462. The van der Waals surface area contributed by atoms with Gasteiger partial charge in [-0.25, -0.2) is 0 Å². The van der Waals surface area contributed by atoms with E-state index in [1.54, 1.807) is 23.9 Å². The van der Waals surface area contributed by atoms with Gasteiger partial charge in [0.05, 0.1) is 5.56 Å². The van der Waals surface area contributed by atoms with Crippen LogP contribution in [-0.4, -0.2) is 28.6 Å². The summed E-state index contributed by atoms with van der Waals surface area (Å²) in [6.07, 6.45) is 5.35. The van der Waals surface area contributed by atoms with Crippen molar-refractivity contribution in [2.45, 2.75) is 30.6 Å². The van der Waals surface area contributed by atoms with Crippen LogP contribution in [0.25, 0.3) is 0 Å². The summed E-state index contributed by atoms with van der Waals surface area (Å²) in [5, 5.41) is 13.6. The predicted octanol–water partition coefficient (Wildman–Crippen LogP) is 3.06. The highest BCUT2D eigenvalue weighted by Gasteiger charge is 2.28. The van der Waals surface area contributed by atoms with Gasteiger partial charge in [0.1, 0.15) is 5.75 Å². The Kier molecular flexibility index (Phi) is 4.40. The third kappa shape index (κ3) is 2.93. The van der Waals surface area contributed by atoms with Gasteiger partial charge in [-0.15, -0.1) is 0 Å². The van der Waals surface area contributed by atoms with Crippen molar-refractivity contribution in [1.82, 2.24) is 5.32 Å². The molecule has 0 saturated heterocycles. The van der Waals surface area contributed by atoms with Crippen LogP contribution in [0.3, 0.4) is 0 Å². The molecule has 1 aliphatic carbocycles. The number of carbonyl (C=O) groups excluding carboxylic acids is 1. The minimum absolute atomic E-state index is 0.0706. The number of amides is 1. The minimum Gasteiger partial charge on any atom is -0.507 e. The van der Waals surface area contributed by atoms with Crippen molar-refractivity contribution in [2.75, 3.05) is 6.26 Å². The number of hydrogen-bond donors (Lipinski definition) is 2. The summed E-state index contributed by atoms with van der Waals surface area (Å²) < 4.78 is 0. The molecular formula is C13H16ClNO2S. The maximum absolute atomic E-state index is 12.1. The number of rotatable bonds is 3. The first-order chi connectivity index (χ1) is 8.61. The van der Waals surface area contributed by atoms with E-state index in [1.807, 2.05) is 0 Å².